The summed E-state index contributed by atoms with van der Waals surface area (Å²) >= 11 is 0. The molecule has 162 valence electrons. The zero-order valence-electron chi connectivity index (χ0n) is 16.7. The Kier molecular flexibility index (Phi) is 5.95. The molecular formula is C23H23NO6S. The van der Waals surface area contributed by atoms with Gasteiger partial charge in [-0.25, -0.2) is 8.42 Å². The van der Waals surface area contributed by atoms with Gasteiger partial charge in [0.25, 0.3) is 0 Å². The quantitative estimate of drug-likeness (QED) is 0.609. The van der Waals surface area contributed by atoms with Crippen molar-refractivity contribution in [3.63, 3.8) is 0 Å². The second-order valence-corrected chi connectivity index (χ2v) is 9.45. The third-order valence-electron chi connectivity index (χ3n) is 5.50. The summed E-state index contributed by atoms with van der Waals surface area (Å²) in [4.78, 5) is 11.5. The van der Waals surface area contributed by atoms with Gasteiger partial charge in [-0.05, 0) is 53.4 Å². The molecule has 1 aliphatic heterocycles. The Bertz CT molecular complexity index is 1190. The normalized spacial score (nSPS) is 19.9. The van der Waals surface area contributed by atoms with Crippen molar-refractivity contribution in [3.8, 4) is 5.75 Å². The molecule has 3 aromatic carbocycles. The molecule has 0 aliphatic carbocycles. The minimum Gasteiger partial charge on any atom is -0.489 e. The highest BCUT2D eigenvalue weighted by Crippen LogP contribution is 2.27. The first-order chi connectivity index (χ1) is 14.9. The molecule has 8 heteroatoms. The van der Waals surface area contributed by atoms with Crippen LogP contribution in [0.15, 0.2) is 71.6 Å². The molecule has 2 N–H and O–H groups in total. The number of hydrogen-bond donors (Lipinski definition) is 2. The van der Waals surface area contributed by atoms with Crippen LogP contribution >= 0.6 is 0 Å². The fourth-order valence-corrected chi connectivity index (χ4v) is 5.51. The number of hydrogen-bond acceptors (Lipinski definition) is 5. The molecule has 3 aromatic rings. The van der Waals surface area contributed by atoms with Crippen LogP contribution in [0.3, 0.4) is 0 Å². The minimum atomic E-state index is -4.06. The van der Waals surface area contributed by atoms with E-state index in [0.29, 0.717) is 12.4 Å². The topological polar surface area (TPSA) is 104 Å². The average Bonchev–Trinajstić information content (AvgIpc) is 2.77. The molecule has 4 rings (SSSR count). The molecule has 1 aliphatic rings. The van der Waals surface area contributed by atoms with Crippen LogP contribution in [-0.2, 0) is 21.4 Å². The van der Waals surface area contributed by atoms with Gasteiger partial charge in [-0.3, -0.25) is 4.79 Å². The van der Waals surface area contributed by atoms with Gasteiger partial charge in [-0.2, -0.15) is 4.31 Å². The number of aliphatic hydroxyl groups is 1. The summed E-state index contributed by atoms with van der Waals surface area (Å²) in [5, 5.41) is 21.5. The lowest BCUT2D eigenvalue weighted by Gasteiger charge is -2.34. The predicted octanol–water partition coefficient (Wildman–Crippen LogP) is 3.02. The van der Waals surface area contributed by atoms with Crippen LogP contribution in [0.5, 0.6) is 5.75 Å². The number of benzene rings is 3. The summed E-state index contributed by atoms with van der Waals surface area (Å²) < 4.78 is 32.7. The summed E-state index contributed by atoms with van der Waals surface area (Å²) in [6, 6.07) is 18.7. The van der Waals surface area contributed by atoms with Crippen molar-refractivity contribution in [3.05, 3.63) is 72.3 Å². The molecule has 7 nitrogen and oxygen atoms in total. The number of carboxylic acid groups (broad SMARTS) is 1. The SMILES string of the molecule is O=C(O)C1CCC(O)CN1S(=O)(=O)c1ccc(OCc2cccc3ccccc23)cc1. The first-order valence-electron chi connectivity index (χ1n) is 9.98. The lowest BCUT2D eigenvalue weighted by molar-refractivity contribution is -0.143. The Morgan fingerprint density at radius 2 is 1.71 bits per heavy atom. The number of aliphatic carboxylic acids is 1. The second-order valence-electron chi connectivity index (χ2n) is 7.56. The van der Waals surface area contributed by atoms with Gasteiger partial charge in [-0.1, -0.05) is 42.5 Å². The number of ether oxygens (including phenoxy) is 1. The van der Waals surface area contributed by atoms with Gasteiger partial charge in [0.05, 0.1) is 11.0 Å². The first kappa shape index (κ1) is 21.3. The maximum atomic E-state index is 13.0. The van der Waals surface area contributed by atoms with E-state index in [1.807, 2.05) is 42.5 Å². The molecule has 31 heavy (non-hydrogen) atoms. The molecule has 0 radical (unpaired) electrons. The summed E-state index contributed by atoms with van der Waals surface area (Å²) in [6.07, 6.45) is -0.556. The van der Waals surface area contributed by atoms with E-state index in [1.54, 1.807) is 12.1 Å². The molecule has 0 amide bonds. The maximum absolute atomic E-state index is 13.0. The number of fused-ring (bicyclic) bond motifs is 1. The van der Waals surface area contributed by atoms with Crippen molar-refractivity contribution >= 4 is 26.8 Å². The number of rotatable bonds is 6. The van der Waals surface area contributed by atoms with Gasteiger partial charge in [0.1, 0.15) is 18.4 Å². The number of carboxylic acids is 1. The van der Waals surface area contributed by atoms with E-state index in [9.17, 15) is 23.4 Å². The Balaban J connectivity index is 1.51. The highest BCUT2D eigenvalue weighted by molar-refractivity contribution is 7.89. The van der Waals surface area contributed by atoms with Crippen LogP contribution in [0, 0.1) is 0 Å². The molecule has 0 bridgehead atoms. The van der Waals surface area contributed by atoms with Crippen LogP contribution in [0.4, 0.5) is 0 Å². The van der Waals surface area contributed by atoms with E-state index in [1.165, 1.54) is 12.1 Å². The third kappa shape index (κ3) is 4.41. The number of carbonyl (C=O) groups is 1. The van der Waals surface area contributed by atoms with E-state index in [0.717, 1.165) is 20.6 Å². The molecule has 0 aromatic heterocycles. The average molecular weight is 442 g/mol. The zero-order chi connectivity index (χ0) is 22.0. The van der Waals surface area contributed by atoms with Crippen LogP contribution in [0.25, 0.3) is 10.8 Å². The fourth-order valence-electron chi connectivity index (χ4n) is 3.86. The van der Waals surface area contributed by atoms with Gasteiger partial charge in [0.2, 0.25) is 10.0 Å². The fraction of sp³-hybridized carbons (Fsp3) is 0.261. The molecule has 1 heterocycles. The van der Waals surface area contributed by atoms with Gasteiger partial charge in [-0.15, -0.1) is 0 Å². The summed E-state index contributed by atoms with van der Waals surface area (Å²) in [7, 11) is -4.06. The standard InChI is InChI=1S/C23H23NO6S/c25-18-8-13-22(23(26)27)24(14-18)31(28,29)20-11-9-19(10-12-20)30-15-17-6-3-5-16-4-1-2-7-21(16)17/h1-7,9-12,18,22,25H,8,13-15H2,(H,26,27). The number of aliphatic hydroxyl groups excluding tert-OH is 1. The molecule has 2 unspecified atom stereocenters. The molecule has 1 fully saturated rings. The van der Waals surface area contributed by atoms with Crippen LogP contribution in [0.2, 0.25) is 0 Å². The van der Waals surface area contributed by atoms with Crippen LogP contribution in [-0.4, -0.2) is 47.6 Å². The van der Waals surface area contributed by atoms with E-state index in [2.05, 4.69) is 0 Å². The van der Waals surface area contributed by atoms with E-state index in [4.69, 9.17) is 4.74 Å². The number of nitrogens with zero attached hydrogens (tertiary/aromatic N) is 1. The highest BCUT2D eigenvalue weighted by atomic mass is 32.2. The Morgan fingerprint density at radius 1 is 1.00 bits per heavy atom. The number of sulfonamides is 1. The van der Waals surface area contributed by atoms with E-state index in [-0.39, 0.29) is 24.3 Å². The lowest BCUT2D eigenvalue weighted by atomic mass is 10.0. The third-order valence-corrected chi connectivity index (χ3v) is 7.39. The predicted molar refractivity (Wildman–Crippen MR) is 115 cm³/mol. The number of β-amino-alcohol motifs (C(OH)–C–C–N with tert-alkyl or cyclic N) is 1. The van der Waals surface area contributed by atoms with Crippen molar-refractivity contribution in [2.24, 2.45) is 0 Å². The highest BCUT2D eigenvalue weighted by Gasteiger charge is 2.40. The van der Waals surface area contributed by atoms with Gasteiger partial charge >= 0.3 is 5.97 Å². The molecule has 2 atom stereocenters. The Labute approximate surface area is 180 Å². The van der Waals surface area contributed by atoms with Crippen molar-refractivity contribution in [1.82, 2.24) is 4.31 Å². The smallest absolute Gasteiger partial charge is 0.322 e. The summed E-state index contributed by atoms with van der Waals surface area (Å²) in [5.74, 6) is -0.717. The molecular weight excluding hydrogens is 418 g/mol. The Hall–Kier alpha value is -2.94. The van der Waals surface area contributed by atoms with Crippen molar-refractivity contribution in [2.45, 2.75) is 36.5 Å². The van der Waals surface area contributed by atoms with Crippen molar-refractivity contribution < 1.29 is 28.2 Å². The number of piperidine rings is 1. The van der Waals surface area contributed by atoms with Crippen molar-refractivity contribution in [2.75, 3.05) is 6.54 Å². The molecule has 0 saturated carbocycles. The van der Waals surface area contributed by atoms with E-state index < -0.39 is 28.1 Å². The van der Waals surface area contributed by atoms with Gasteiger partial charge in [0.15, 0.2) is 0 Å². The Morgan fingerprint density at radius 3 is 2.45 bits per heavy atom. The lowest BCUT2D eigenvalue weighted by Crippen LogP contribution is -2.51. The molecule has 0 spiro atoms. The monoisotopic (exact) mass is 441 g/mol. The second kappa shape index (κ2) is 8.66. The van der Waals surface area contributed by atoms with Crippen molar-refractivity contribution in [1.29, 1.82) is 0 Å². The molecule has 1 saturated heterocycles. The minimum absolute atomic E-state index is 0.0367. The van der Waals surface area contributed by atoms with Gasteiger partial charge in [0, 0.05) is 6.54 Å². The zero-order valence-corrected chi connectivity index (χ0v) is 17.5. The largest absolute Gasteiger partial charge is 0.489 e. The van der Waals surface area contributed by atoms with E-state index >= 15 is 0 Å². The summed E-state index contributed by atoms with van der Waals surface area (Å²) in [6.45, 7) is 0.0888. The van der Waals surface area contributed by atoms with Crippen LogP contribution < -0.4 is 4.74 Å². The van der Waals surface area contributed by atoms with Gasteiger partial charge < -0.3 is 14.9 Å². The maximum Gasteiger partial charge on any atom is 0.322 e. The summed E-state index contributed by atoms with van der Waals surface area (Å²) in [5.41, 5.74) is 1.02. The van der Waals surface area contributed by atoms with Crippen LogP contribution in [0.1, 0.15) is 18.4 Å². The first-order valence-corrected chi connectivity index (χ1v) is 11.4.